The summed E-state index contributed by atoms with van der Waals surface area (Å²) in [6.07, 6.45) is 3.96. The van der Waals surface area contributed by atoms with Crippen molar-refractivity contribution >= 4 is 11.9 Å². The molecule has 0 spiro atoms. The molecule has 0 aromatic heterocycles. The molecule has 1 heterocycles. The minimum Gasteiger partial charge on any atom is -0.480 e. The summed E-state index contributed by atoms with van der Waals surface area (Å²) in [7, 11) is 0. The number of carboxylic acids is 1. The zero-order chi connectivity index (χ0) is 13.4. The van der Waals surface area contributed by atoms with Crippen molar-refractivity contribution in [3.8, 4) is 0 Å². The molecular weight excluding hydrogens is 248 g/mol. The lowest BCUT2D eigenvalue weighted by Gasteiger charge is -2.38. The van der Waals surface area contributed by atoms with Crippen LogP contribution in [0, 0.1) is 5.92 Å². The second-order valence-corrected chi connectivity index (χ2v) is 5.73. The Hall–Kier alpha value is -1.14. The van der Waals surface area contributed by atoms with E-state index in [-0.39, 0.29) is 11.8 Å². The molecular formula is C13H20N2O4. The van der Waals surface area contributed by atoms with E-state index in [1.807, 2.05) is 4.90 Å². The third-order valence-corrected chi connectivity index (χ3v) is 4.08. The molecule has 0 aromatic rings. The van der Waals surface area contributed by atoms with Crippen LogP contribution in [0.2, 0.25) is 0 Å². The van der Waals surface area contributed by atoms with Gasteiger partial charge in [-0.1, -0.05) is 0 Å². The number of amides is 1. The first-order valence-electron chi connectivity index (χ1n) is 7.03. The van der Waals surface area contributed by atoms with Crippen molar-refractivity contribution in [2.24, 2.45) is 5.92 Å². The highest BCUT2D eigenvalue weighted by molar-refractivity contribution is 5.84. The number of carbonyl (C=O) groups is 2. The van der Waals surface area contributed by atoms with Crippen LogP contribution in [-0.4, -0.2) is 59.8 Å². The summed E-state index contributed by atoms with van der Waals surface area (Å²) in [5.41, 5.74) is 0. The normalized spacial score (nSPS) is 29.8. The van der Waals surface area contributed by atoms with Gasteiger partial charge in [0.15, 0.2) is 0 Å². The van der Waals surface area contributed by atoms with Gasteiger partial charge in [0.2, 0.25) is 5.91 Å². The van der Waals surface area contributed by atoms with Crippen LogP contribution in [0.5, 0.6) is 0 Å². The average molecular weight is 268 g/mol. The highest BCUT2D eigenvalue weighted by atomic mass is 16.5. The summed E-state index contributed by atoms with van der Waals surface area (Å²) in [5, 5.41) is 12.4. The maximum absolute atomic E-state index is 12.2. The molecule has 106 valence electrons. The highest BCUT2D eigenvalue weighted by Gasteiger charge is 2.45. The van der Waals surface area contributed by atoms with Crippen LogP contribution in [0.3, 0.4) is 0 Å². The number of hydrogen-bond donors (Lipinski definition) is 2. The fourth-order valence-electron chi connectivity index (χ4n) is 2.73. The van der Waals surface area contributed by atoms with E-state index in [1.165, 1.54) is 0 Å². The van der Waals surface area contributed by atoms with E-state index in [4.69, 9.17) is 4.74 Å². The Bertz CT molecular complexity index is 379. The maximum Gasteiger partial charge on any atom is 0.321 e. The van der Waals surface area contributed by atoms with Crippen LogP contribution < -0.4 is 5.32 Å². The van der Waals surface area contributed by atoms with Crippen molar-refractivity contribution in [1.82, 2.24) is 10.2 Å². The Morgan fingerprint density at radius 3 is 2.58 bits per heavy atom. The van der Waals surface area contributed by atoms with Crippen molar-refractivity contribution in [3.05, 3.63) is 0 Å². The number of ether oxygens (including phenoxy) is 1. The molecule has 3 fully saturated rings. The summed E-state index contributed by atoms with van der Waals surface area (Å²) in [6, 6.07) is -0.685. The molecule has 0 aromatic carbocycles. The molecule has 2 unspecified atom stereocenters. The van der Waals surface area contributed by atoms with Gasteiger partial charge in [-0.05, 0) is 31.6 Å². The van der Waals surface area contributed by atoms with Crippen LogP contribution in [-0.2, 0) is 14.3 Å². The molecule has 3 rings (SSSR count). The van der Waals surface area contributed by atoms with Gasteiger partial charge in [-0.2, -0.15) is 0 Å². The minimum absolute atomic E-state index is 0.0749. The van der Waals surface area contributed by atoms with E-state index in [1.54, 1.807) is 0 Å². The second-order valence-electron chi connectivity index (χ2n) is 5.73. The molecule has 1 amide bonds. The predicted octanol–water partition coefficient (Wildman–Crippen LogP) is -0.171. The van der Waals surface area contributed by atoms with Gasteiger partial charge in [0, 0.05) is 12.6 Å². The number of carbonyl (C=O) groups excluding carboxylic acids is 1. The highest BCUT2D eigenvalue weighted by Crippen LogP contribution is 2.36. The molecule has 3 aliphatic rings. The molecule has 0 radical (unpaired) electrons. The van der Waals surface area contributed by atoms with Gasteiger partial charge in [0.1, 0.15) is 12.1 Å². The average Bonchev–Trinajstić information content (AvgIpc) is 3.23. The van der Waals surface area contributed by atoms with Gasteiger partial charge in [0.05, 0.1) is 13.2 Å². The van der Waals surface area contributed by atoms with Crippen molar-refractivity contribution < 1.29 is 19.4 Å². The zero-order valence-corrected chi connectivity index (χ0v) is 10.9. The fraction of sp³-hybridized carbons (Fsp3) is 0.846. The van der Waals surface area contributed by atoms with Gasteiger partial charge in [0.25, 0.3) is 0 Å². The number of carboxylic acid groups (broad SMARTS) is 1. The topological polar surface area (TPSA) is 78.9 Å². The second kappa shape index (κ2) is 5.09. The number of nitrogens with zero attached hydrogens (tertiary/aromatic N) is 1. The van der Waals surface area contributed by atoms with E-state index in [0.29, 0.717) is 25.8 Å². The third-order valence-electron chi connectivity index (χ3n) is 4.08. The number of rotatable bonds is 5. The molecule has 2 atom stereocenters. The van der Waals surface area contributed by atoms with E-state index in [2.05, 4.69) is 5.32 Å². The van der Waals surface area contributed by atoms with Crippen LogP contribution in [0.1, 0.15) is 25.7 Å². The standard InChI is InChI=1S/C13H20N2O4/c16-12(14-9-3-4-9)10-7-19-6-5-15(10)11(13(17)18)8-1-2-8/h8-11H,1-7H2,(H,14,16)(H,17,18). The van der Waals surface area contributed by atoms with Gasteiger partial charge >= 0.3 is 5.97 Å². The number of hydrogen-bond acceptors (Lipinski definition) is 4. The molecule has 2 saturated carbocycles. The molecule has 2 N–H and O–H groups in total. The Balaban J connectivity index is 1.71. The summed E-state index contributed by atoms with van der Waals surface area (Å²) in [6.45, 7) is 1.33. The van der Waals surface area contributed by atoms with Crippen LogP contribution in [0.4, 0.5) is 0 Å². The first-order chi connectivity index (χ1) is 9.16. The Morgan fingerprint density at radius 1 is 1.26 bits per heavy atom. The Labute approximate surface area is 112 Å². The molecule has 2 aliphatic carbocycles. The lowest BCUT2D eigenvalue weighted by atomic mass is 10.1. The van der Waals surface area contributed by atoms with E-state index in [9.17, 15) is 14.7 Å². The number of morpholine rings is 1. The molecule has 6 heteroatoms. The first kappa shape index (κ1) is 12.9. The van der Waals surface area contributed by atoms with Crippen LogP contribution >= 0.6 is 0 Å². The summed E-state index contributed by atoms with van der Waals surface area (Å²) in [4.78, 5) is 25.5. The summed E-state index contributed by atoms with van der Waals surface area (Å²) < 4.78 is 5.37. The first-order valence-corrected chi connectivity index (χ1v) is 7.03. The molecule has 19 heavy (non-hydrogen) atoms. The minimum atomic E-state index is -0.811. The smallest absolute Gasteiger partial charge is 0.321 e. The van der Waals surface area contributed by atoms with Crippen molar-refractivity contribution in [1.29, 1.82) is 0 Å². The van der Waals surface area contributed by atoms with E-state index >= 15 is 0 Å². The molecule has 1 saturated heterocycles. The van der Waals surface area contributed by atoms with Crippen LogP contribution in [0.25, 0.3) is 0 Å². The maximum atomic E-state index is 12.2. The SMILES string of the molecule is O=C(NC1CC1)C1COCCN1C(C(=O)O)C1CC1. The Morgan fingerprint density at radius 2 is 2.00 bits per heavy atom. The quantitative estimate of drug-likeness (QED) is 0.723. The summed E-state index contributed by atoms with van der Waals surface area (Å²) >= 11 is 0. The largest absolute Gasteiger partial charge is 0.480 e. The van der Waals surface area contributed by atoms with Gasteiger partial charge < -0.3 is 15.2 Å². The predicted molar refractivity (Wildman–Crippen MR) is 66.6 cm³/mol. The van der Waals surface area contributed by atoms with Crippen molar-refractivity contribution in [2.75, 3.05) is 19.8 Å². The van der Waals surface area contributed by atoms with Crippen LogP contribution in [0.15, 0.2) is 0 Å². The van der Waals surface area contributed by atoms with Crippen molar-refractivity contribution in [3.63, 3.8) is 0 Å². The molecule has 6 nitrogen and oxygen atoms in total. The number of nitrogens with one attached hydrogen (secondary N) is 1. The van der Waals surface area contributed by atoms with Gasteiger partial charge in [-0.3, -0.25) is 14.5 Å². The van der Waals surface area contributed by atoms with Gasteiger partial charge in [-0.25, -0.2) is 0 Å². The van der Waals surface area contributed by atoms with E-state index < -0.39 is 18.1 Å². The van der Waals surface area contributed by atoms with Gasteiger partial charge in [-0.15, -0.1) is 0 Å². The number of aliphatic carboxylic acids is 1. The third kappa shape index (κ3) is 2.90. The molecule has 0 bridgehead atoms. The van der Waals surface area contributed by atoms with Crippen molar-refractivity contribution in [2.45, 2.75) is 43.8 Å². The van der Waals surface area contributed by atoms with E-state index in [0.717, 1.165) is 25.7 Å². The zero-order valence-electron chi connectivity index (χ0n) is 10.9. The monoisotopic (exact) mass is 268 g/mol. The lowest BCUT2D eigenvalue weighted by molar-refractivity contribution is -0.152. The fourth-order valence-corrected chi connectivity index (χ4v) is 2.73. The molecule has 1 aliphatic heterocycles. The summed E-state index contributed by atoms with van der Waals surface area (Å²) in [5.74, 6) is -0.686. The Kier molecular flexibility index (Phi) is 3.45. The lowest BCUT2D eigenvalue weighted by Crippen LogP contribution is -2.59.